The molecule has 3 nitrogen and oxygen atoms in total. The highest BCUT2D eigenvalue weighted by molar-refractivity contribution is 5.73. The van der Waals surface area contributed by atoms with Crippen LogP contribution in [0.3, 0.4) is 0 Å². The van der Waals surface area contributed by atoms with Crippen LogP contribution < -0.4 is 11.5 Å². The van der Waals surface area contributed by atoms with E-state index < -0.39 is 0 Å². The number of unbranched alkanes of at least 4 members (excludes halogenated alkanes) is 1. The van der Waals surface area contributed by atoms with Gasteiger partial charge in [-0.1, -0.05) is 6.42 Å². The Morgan fingerprint density at radius 2 is 2.10 bits per heavy atom. The Hall–Kier alpha value is -0.570. The Kier molecular flexibility index (Phi) is 4.94. The summed E-state index contributed by atoms with van der Waals surface area (Å²) in [5.41, 5.74) is 10.4. The quantitative estimate of drug-likeness (QED) is 0.548. The Morgan fingerprint density at radius 1 is 1.50 bits per heavy atom. The fraction of sp³-hybridized carbons (Fsp3) is 0.857. The predicted molar refractivity (Wildman–Crippen MR) is 41.3 cm³/mol. The van der Waals surface area contributed by atoms with Gasteiger partial charge < -0.3 is 11.5 Å². The van der Waals surface area contributed by atoms with Crippen molar-refractivity contribution < 1.29 is 4.79 Å². The second-order valence-corrected chi connectivity index (χ2v) is 2.69. The van der Waals surface area contributed by atoms with Gasteiger partial charge in [0.25, 0.3) is 0 Å². The van der Waals surface area contributed by atoms with E-state index >= 15 is 0 Å². The summed E-state index contributed by atoms with van der Waals surface area (Å²) in [6, 6.07) is 0.243. The minimum atomic E-state index is -0.218. The lowest BCUT2D eigenvalue weighted by Gasteiger charge is -2.01. The zero-order valence-corrected chi connectivity index (χ0v) is 6.47. The summed E-state index contributed by atoms with van der Waals surface area (Å²) < 4.78 is 0. The highest BCUT2D eigenvalue weighted by atomic mass is 16.1. The molecule has 0 saturated carbocycles. The summed E-state index contributed by atoms with van der Waals surface area (Å²) >= 11 is 0. The van der Waals surface area contributed by atoms with E-state index in [1.807, 2.05) is 6.92 Å². The minimum absolute atomic E-state index is 0.218. The molecule has 1 atom stereocenters. The number of rotatable bonds is 5. The van der Waals surface area contributed by atoms with E-state index in [2.05, 4.69) is 0 Å². The summed E-state index contributed by atoms with van der Waals surface area (Å²) in [5.74, 6) is -0.218. The topological polar surface area (TPSA) is 69.1 Å². The highest BCUT2D eigenvalue weighted by Gasteiger charge is 1.96. The molecule has 3 heteroatoms. The molecule has 0 saturated heterocycles. The van der Waals surface area contributed by atoms with Crippen LogP contribution in [0.1, 0.15) is 32.6 Å². The first-order valence-electron chi connectivity index (χ1n) is 3.67. The van der Waals surface area contributed by atoms with Crippen LogP contribution in [0.2, 0.25) is 0 Å². The Bertz CT molecular complexity index is 102. The number of amides is 1. The fourth-order valence-electron chi connectivity index (χ4n) is 0.766. The lowest BCUT2D eigenvalue weighted by molar-refractivity contribution is -0.118. The number of nitrogens with two attached hydrogens (primary N) is 2. The first-order chi connectivity index (χ1) is 4.63. The van der Waals surface area contributed by atoms with Crippen molar-refractivity contribution in [2.45, 2.75) is 38.6 Å². The van der Waals surface area contributed by atoms with E-state index in [0.717, 1.165) is 19.3 Å². The van der Waals surface area contributed by atoms with Gasteiger partial charge in [-0.15, -0.1) is 0 Å². The molecule has 0 fully saturated rings. The van der Waals surface area contributed by atoms with Gasteiger partial charge in [0.1, 0.15) is 0 Å². The van der Waals surface area contributed by atoms with Crippen molar-refractivity contribution in [2.24, 2.45) is 11.5 Å². The van der Waals surface area contributed by atoms with Crippen molar-refractivity contribution in [3.05, 3.63) is 0 Å². The lowest BCUT2D eigenvalue weighted by atomic mass is 10.1. The van der Waals surface area contributed by atoms with Crippen molar-refractivity contribution in [1.29, 1.82) is 0 Å². The molecule has 0 aliphatic heterocycles. The molecule has 10 heavy (non-hydrogen) atoms. The number of hydrogen-bond donors (Lipinski definition) is 2. The standard InChI is InChI=1S/C7H16N2O/c1-6(8)4-2-3-5-7(9)10/h6H,2-5,8H2,1H3,(H2,9,10)/t6-/m1/s1. The first kappa shape index (κ1) is 9.43. The molecule has 0 heterocycles. The number of carbonyl (C=O) groups is 1. The molecule has 0 aliphatic rings. The van der Waals surface area contributed by atoms with Gasteiger partial charge in [0.2, 0.25) is 5.91 Å². The second kappa shape index (κ2) is 5.23. The molecular weight excluding hydrogens is 128 g/mol. The molecule has 0 unspecified atom stereocenters. The SMILES string of the molecule is C[C@@H](N)CCCCC(N)=O. The molecule has 0 aromatic heterocycles. The van der Waals surface area contributed by atoms with Gasteiger partial charge in [0, 0.05) is 12.5 Å². The molecule has 0 spiro atoms. The molecule has 0 aromatic rings. The van der Waals surface area contributed by atoms with Crippen molar-refractivity contribution in [2.75, 3.05) is 0 Å². The van der Waals surface area contributed by atoms with Gasteiger partial charge in [-0.3, -0.25) is 4.79 Å². The number of carbonyl (C=O) groups excluding carboxylic acids is 1. The van der Waals surface area contributed by atoms with E-state index in [9.17, 15) is 4.79 Å². The largest absolute Gasteiger partial charge is 0.370 e. The monoisotopic (exact) mass is 144 g/mol. The zero-order chi connectivity index (χ0) is 7.98. The molecular formula is C7H16N2O. The molecule has 4 N–H and O–H groups in total. The summed E-state index contributed by atoms with van der Waals surface area (Å²) in [7, 11) is 0. The summed E-state index contributed by atoms with van der Waals surface area (Å²) in [6.07, 6.45) is 3.34. The zero-order valence-electron chi connectivity index (χ0n) is 6.47. The summed E-state index contributed by atoms with van der Waals surface area (Å²) in [5, 5.41) is 0. The van der Waals surface area contributed by atoms with E-state index in [1.54, 1.807) is 0 Å². The van der Waals surface area contributed by atoms with Crippen molar-refractivity contribution in [3.63, 3.8) is 0 Å². The van der Waals surface area contributed by atoms with E-state index in [4.69, 9.17) is 11.5 Å². The molecule has 0 aromatic carbocycles. The van der Waals surface area contributed by atoms with Crippen molar-refractivity contribution in [3.8, 4) is 0 Å². The lowest BCUT2D eigenvalue weighted by Crippen LogP contribution is -2.15. The van der Waals surface area contributed by atoms with Gasteiger partial charge in [-0.2, -0.15) is 0 Å². The Morgan fingerprint density at radius 3 is 2.50 bits per heavy atom. The molecule has 0 rings (SSSR count). The average molecular weight is 144 g/mol. The predicted octanol–water partition coefficient (Wildman–Crippen LogP) is 0.379. The average Bonchev–Trinajstić information content (AvgIpc) is 1.79. The van der Waals surface area contributed by atoms with E-state index in [-0.39, 0.29) is 11.9 Å². The molecule has 0 radical (unpaired) electrons. The smallest absolute Gasteiger partial charge is 0.217 e. The van der Waals surface area contributed by atoms with E-state index in [1.165, 1.54) is 0 Å². The van der Waals surface area contributed by atoms with Crippen LogP contribution in [0.5, 0.6) is 0 Å². The molecule has 1 amide bonds. The van der Waals surface area contributed by atoms with Crippen LogP contribution in [0, 0.1) is 0 Å². The molecule has 0 aliphatic carbocycles. The van der Waals surface area contributed by atoms with Crippen LogP contribution in [0.15, 0.2) is 0 Å². The summed E-state index contributed by atoms with van der Waals surface area (Å²) in [6.45, 7) is 1.96. The fourth-order valence-corrected chi connectivity index (χ4v) is 0.766. The van der Waals surface area contributed by atoms with Crippen LogP contribution in [0.25, 0.3) is 0 Å². The Labute approximate surface area is 61.8 Å². The van der Waals surface area contributed by atoms with Gasteiger partial charge in [-0.05, 0) is 19.8 Å². The van der Waals surface area contributed by atoms with Gasteiger partial charge in [0.05, 0.1) is 0 Å². The molecule has 60 valence electrons. The third-order valence-corrected chi connectivity index (χ3v) is 1.33. The maximum Gasteiger partial charge on any atom is 0.217 e. The number of primary amides is 1. The van der Waals surface area contributed by atoms with Crippen molar-refractivity contribution >= 4 is 5.91 Å². The maximum atomic E-state index is 10.2. The van der Waals surface area contributed by atoms with Crippen molar-refractivity contribution in [1.82, 2.24) is 0 Å². The maximum absolute atomic E-state index is 10.2. The Balaban J connectivity index is 2.98. The van der Waals surface area contributed by atoms with E-state index in [0.29, 0.717) is 6.42 Å². The van der Waals surface area contributed by atoms with Gasteiger partial charge in [0.15, 0.2) is 0 Å². The van der Waals surface area contributed by atoms with Crippen LogP contribution in [-0.2, 0) is 4.79 Å². The van der Waals surface area contributed by atoms with Crippen LogP contribution in [-0.4, -0.2) is 11.9 Å². The molecule has 0 bridgehead atoms. The van der Waals surface area contributed by atoms with Crippen LogP contribution >= 0.6 is 0 Å². The third-order valence-electron chi connectivity index (χ3n) is 1.33. The highest BCUT2D eigenvalue weighted by Crippen LogP contribution is 2.00. The van der Waals surface area contributed by atoms with Crippen LogP contribution in [0.4, 0.5) is 0 Å². The van der Waals surface area contributed by atoms with Gasteiger partial charge in [-0.25, -0.2) is 0 Å². The first-order valence-corrected chi connectivity index (χ1v) is 3.67. The minimum Gasteiger partial charge on any atom is -0.370 e. The summed E-state index contributed by atoms with van der Waals surface area (Å²) in [4.78, 5) is 10.2. The second-order valence-electron chi connectivity index (χ2n) is 2.69. The third kappa shape index (κ3) is 7.43. The number of hydrogen-bond acceptors (Lipinski definition) is 2. The van der Waals surface area contributed by atoms with Gasteiger partial charge >= 0.3 is 0 Å². The normalized spacial score (nSPS) is 13.0.